The number of imide groups is 1. The van der Waals surface area contributed by atoms with Gasteiger partial charge in [-0.25, -0.2) is 32.0 Å². The van der Waals surface area contributed by atoms with Gasteiger partial charge in [-0.2, -0.15) is 5.01 Å². The fraction of sp³-hybridized carbons (Fsp3) is 0.414. The van der Waals surface area contributed by atoms with Crippen LogP contribution in [0.25, 0.3) is 0 Å². The molecule has 1 aromatic rings. The topological polar surface area (TPSA) is 342 Å². The van der Waals surface area contributed by atoms with E-state index < -0.39 is 105 Å². The summed E-state index contributed by atoms with van der Waals surface area (Å²) in [5.41, 5.74) is 6.74. The van der Waals surface area contributed by atoms with Gasteiger partial charge in [-0.15, -0.1) is 23.5 Å². The van der Waals surface area contributed by atoms with Gasteiger partial charge in [0.15, 0.2) is 0 Å². The fourth-order valence-electron chi connectivity index (χ4n) is 5.56. The van der Waals surface area contributed by atoms with E-state index in [9.17, 15) is 61.8 Å². The molecule has 9 amide bonds. The van der Waals surface area contributed by atoms with Gasteiger partial charge in [0.05, 0.1) is 43.0 Å². The Balaban J connectivity index is 0.00000450. The number of rotatable bonds is 13. The van der Waals surface area contributed by atoms with Crippen LogP contribution in [0, 0.1) is 0 Å². The van der Waals surface area contributed by atoms with Crippen LogP contribution in [-0.4, -0.2) is 149 Å². The number of hydrogen-bond donors (Lipinski definition) is 6. The minimum atomic E-state index is -4.03. The van der Waals surface area contributed by atoms with Crippen molar-refractivity contribution in [2.75, 3.05) is 49.8 Å². The summed E-state index contributed by atoms with van der Waals surface area (Å²) in [6.07, 6.45) is -0.321. The van der Waals surface area contributed by atoms with Crippen molar-refractivity contribution in [3.63, 3.8) is 0 Å². The molecule has 0 saturated carbocycles. The van der Waals surface area contributed by atoms with Crippen molar-refractivity contribution in [2.45, 2.75) is 29.0 Å². The SMILES string of the molecule is CN1NC(=O)C(=O)NC1SCC1=C(C(=O)[O-])N2C(=O)[C@@H](NC(=O)[C@H](NC(=O)N3CCN(S(C)(=O)=O)C3=O)c3ccc(NC(=O)OC[C@@H](N)C(=O)[O-])cc3)[C@@H]2SC1.[Na+].[Na+]. The number of hydrazine groups is 1. The number of benzene rings is 1. The van der Waals surface area contributed by atoms with Gasteiger partial charge < -0.3 is 46.2 Å². The maximum absolute atomic E-state index is 13.8. The summed E-state index contributed by atoms with van der Waals surface area (Å²) < 4.78 is 29.2. The fourth-order valence-corrected chi connectivity index (χ4v) is 8.89. The number of thioether (sulfide) groups is 2. The standard InChI is InChI=1S/C29H34N10O14S3.2Na/c1-36-27(34-20(41)21(42)35-36)55-11-13-10-54-23-17(22(43)39(23)18(13)25(46)47)32-19(40)16(33-26(48)37-7-8-38(29(37)50)56(2,51)52)12-3-5-14(6-4-12)31-28(49)53-9-15(30)24(44)45;;/h3-6,15-17,23,27H,7-11,30H2,1-2H3,(H,31,49)(H,32,40)(H,33,48)(H,34,41)(H,35,42)(H,44,45)(H,46,47);;/q;2*+1/p-2/t15-,16-,17-,23+,27?;;/m1../s1. The summed E-state index contributed by atoms with van der Waals surface area (Å²) in [7, 11) is -2.55. The Morgan fingerprint density at radius 2 is 1.71 bits per heavy atom. The Morgan fingerprint density at radius 1 is 1.05 bits per heavy atom. The molecule has 4 aliphatic heterocycles. The molecule has 0 spiro atoms. The van der Waals surface area contributed by atoms with Crippen LogP contribution < -0.4 is 102 Å². The molecule has 58 heavy (non-hydrogen) atoms. The predicted octanol–water partition coefficient (Wildman–Crippen LogP) is -11.7. The van der Waals surface area contributed by atoms with Gasteiger partial charge in [0.2, 0.25) is 15.9 Å². The first-order valence-electron chi connectivity index (χ1n) is 16.0. The van der Waals surface area contributed by atoms with E-state index >= 15 is 0 Å². The molecule has 3 fully saturated rings. The Morgan fingerprint density at radius 3 is 2.29 bits per heavy atom. The van der Waals surface area contributed by atoms with Crippen LogP contribution in [-0.2, 0) is 43.5 Å². The van der Waals surface area contributed by atoms with Crippen molar-refractivity contribution < 1.29 is 126 Å². The zero-order chi connectivity index (χ0) is 41.2. The van der Waals surface area contributed by atoms with E-state index in [1.54, 1.807) is 0 Å². The number of aliphatic carboxylic acids is 2. The first-order valence-corrected chi connectivity index (χ1v) is 20.0. The predicted molar refractivity (Wildman–Crippen MR) is 187 cm³/mol. The zero-order valence-corrected chi connectivity index (χ0v) is 37.5. The first-order chi connectivity index (χ1) is 26.3. The number of nitrogens with one attached hydrogen (secondary N) is 5. The maximum Gasteiger partial charge on any atom is 1.00 e. The number of nitrogens with two attached hydrogens (primary N) is 1. The maximum atomic E-state index is 13.8. The second kappa shape index (κ2) is 20.1. The number of hydrogen-bond acceptors (Lipinski definition) is 18. The van der Waals surface area contributed by atoms with Gasteiger partial charge >= 0.3 is 89.1 Å². The number of anilines is 1. The molecule has 302 valence electrons. The smallest absolute Gasteiger partial charge is 0.548 e. The van der Waals surface area contributed by atoms with Gasteiger partial charge in [0.1, 0.15) is 29.6 Å². The molecule has 0 radical (unpaired) electrons. The molecule has 4 aliphatic rings. The van der Waals surface area contributed by atoms with Crippen LogP contribution in [0.2, 0.25) is 0 Å². The van der Waals surface area contributed by atoms with Crippen LogP contribution >= 0.6 is 23.5 Å². The molecule has 0 bridgehead atoms. The van der Waals surface area contributed by atoms with Crippen LogP contribution in [0.4, 0.5) is 20.1 Å². The van der Waals surface area contributed by atoms with Gasteiger partial charge in [0, 0.05) is 24.2 Å². The molecule has 1 unspecified atom stereocenters. The second-order valence-electron chi connectivity index (χ2n) is 12.2. The second-order valence-corrected chi connectivity index (χ2v) is 16.3. The van der Waals surface area contributed by atoms with Gasteiger partial charge in [-0.05, 0) is 23.3 Å². The third-order valence-electron chi connectivity index (χ3n) is 8.38. The number of carboxylic acids is 2. The average molecular weight is 887 g/mol. The monoisotopic (exact) mass is 886 g/mol. The Kier molecular flexibility index (Phi) is 16.9. The van der Waals surface area contributed by atoms with Crippen molar-refractivity contribution in [3.8, 4) is 0 Å². The Hall–Kier alpha value is -3.64. The van der Waals surface area contributed by atoms with E-state index in [-0.39, 0.29) is 101 Å². The Labute approximate surface area is 381 Å². The number of sulfonamides is 1. The van der Waals surface area contributed by atoms with Crippen molar-refractivity contribution in [1.82, 2.24) is 40.5 Å². The molecule has 1 aromatic carbocycles. The third kappa shape index (κ3) is 10.9. The van der Waals surface area contributed by atoms with E-state index in [2.05, 4.69) is 26.7 Å². The van der Waals surface area contributed by atoms with Gasteiger partial charge in [0.25, 0.3) is 5.91 Å². The summed E-state index contributed by atoms with van der Waals surface area (Å²) in [4.78, 5) is 113. The van der Waals surface area contributed by atoms with Gasteiger partial charge in [-0.3, -0.25) is 34.8 Å². The molecular formula is C29H32N10Na2O14S3. The van der Waals surface area contributed by atoms with Crippen molar-refractivity contribution >= 4 is 93.0 Å². The van der Waals surface area contributed by atoms with E-state index in [0.717, 1.165) is 34.7 Å². The van der Waals surface area contributed by atoms with E-state index in [4.69, 9.17) is 10.5 Å². The summed E-state index contributed by atoms with van der Waals surface area (Å²) in [5.74, 6) is -6.91. The molecule has 24 nitrogen and oxygen atoms in total. The third-order valence-corrected chi connectivity index (χ3v) is 12.1. The minimum absolute atomic E-state index is 0. The molecule has 5 rings (SSSR count). The van der Waals surface area contributed by atoms with Crippen LogP contribution in [0.3, 0.4) is 0 Å². The molecule has 29 heteroatoms. The largest absolute Gasteiger partial charge is 1.00 e. The molecule has 5 atom stereocenters. The Bertz CT molecular complexity index is 2030. The number of amides is 9. The minimum Gasteiger partial charge on any atom is -0.548 e. The molecular weight excluding hydrogens is 855 g/mol. The number of urea groups is 2. The van der Waals surface area contributed by atoms with Crippen molar-refractivity contribution in [1.29, 1.82) is 0 Å². The summed E-state index contributed by atoms with van der Waals surface area (Å²) >= 11 is 2.16. The van der Waals surface area contributed by atoms with Crippen molar-refractivity contribution in [2.24, 2.45) is 5.73 Å². The van der Waals surface area contributed by atoms with Crippen molar-refractivity contribution in [3.05, 3.63) is 41.1 Å². The van der Waals surface area contributed by atoms with Crippen LogP contribution in [0.15, 0.2) is 35.5 Å². The molecule has 3 saturated heterocycles. The number of nitrogens with zero attached hydrogens (tertiary/aromatic N) is 4. The van der Waals surface area contributed by atoms with Crippen LogP contribution in [0.1, 0.15) is 11.6 Å². The first kappa shape index (κ1) is 48.7. The number of fused-ring (bicyclic) bond motifs is 1. The number of carbonyl (C=O) groups excluding carboxylic acids is 9. The van der Waals surface area contributed by atoms with E-state index in [1.165, 1.54) is 36.3 Å². The van der Waals surface area contributed by atoms with Gasteiger partial charge in [-0.1, -0.05) is 12.1 Å². The van der Waals surface area contributed by atoms with E-state index in [0.29, 0.717) is 9.21 Å². The zero-order valence-electron chi connectivity index (χ0n) is 31.0. The van der Waals surface area contributed by atoms with Crippen LogP contribution in [0.5, 0.6) is 0 Å². The summed E-state index contributed by atoms with van der Waals surface area (Å²) in [6, 6.07) is -1.84. The number of ether oxygens (including phenoxy) is 1. The molecule has 0 aliphatic carbocycles. The quantitative estimate of drug-likeness (QED) is 0.0608. The normalized spacial score (nSPS) is 21.5. The number of carboxylic acid groups (broad SMARTS) is 2. The molecule has 4 heterocycles. The summed E-state index contributed by atoms with van der Waals surface area (Å²) in [6.45, 7) is -1.42. The molecule has 0 aromatic heterocycles. The number of β-lactam (4-membered cyclic amide) rings is 1. The average Bonchev–Trinajstić information content (AvgIpc) is 3.54. The van der Waals surface area contributed by atoms with E-state index in [1.807, 2.05) is 0 Å². The molecule has 7 N–H and O–H groups in total. The number of carbonyl (C=O) groups is 9. The summed E-state index contributed by atoms with van der Waals surface area (Å²) in [5, 5.41) is 33.0.